The summed E-state index contributed by atoms with van der Waals surface area (Å²) in [5.74, 6) is -0.738. The van der Waals surface area contributed by atoms with E-state index in [1.165, 1.54) is 6.07 Å². The summed E-state index contributed by atoms with van der Waals surface area (Å²) in [6.07, 6.45) is 0. The number of hydrogen-bond donors (Lipinski definition) is 1. The van der Waals surface area contributed by atoms with Gasteiger partial charge in [-0.1, -0.05) is 18.2 Å². The molecule has 0 aliphatic carbocycles. The standard InChI is InChI=1S/C21H20N2O4/c1-3-23(4-2)21(26)14-8-7-9-15(12-14)22-20(25)19-13-17(24)16-10-5-6-11-18(16)27-19/h5-13H,3-4H2,1-2H3,(H,22,25). The van der Waals surface area contributed by atoms with Gasteiger partial charge in [0.2, 0.25) is 0 Å². The Morgan fingerprint density at radius 2 is 1.74 bits per heavy atom. The minimum atomic E-state index is -0.551. The Hall–Kier alpha value is -3.41. The highest BCUT2D eigenvalue weighted by Crippen LogP contribution is 2.16. The van der Waals surface area contributed by atoms with E-state index in [1.807, 2.05) is 13.8 Å². The van der Waals surface area contributed by atoms with Gasteiger partial charge in [-0.25, -0.2) is 0 Å². The third-order valence-corrected chi connectivity index (χ3v) is 4.28. The molecule has 1 N–H and O–H groups in total. The lowest BCUT2D eigenvalue weighted by Crippen LogP contribution is -2.30. The molecule has 3 aromatic rings. The molecule has 0 fully saturated rings. The highest BCUT2D eigenvalue weighted by Gasteiger charge is 2.15. The highest BCUT2D eigenvalue weighted by molar-refractivity contribution is 6.04. The second-order valence-corrected chi connectivity index (χ2v) is 5.98. The van der Waals surface area contributed by atoms with Crippen molar-refractivity contribution in [3.8, 4) is 0 Å². The molecule has 2 amide bonds. The van der Waals surface area contributed by atoms with Gasteiger partial charge < -0.3 is 14.6 Å². The predicted molar refractivity (Wildman–Crippen MR) is 104 cm³/mol. The molecule has 2 aromatic carbocycles. The molecule has 3 rings (SSSR count). The zero-order chi connectivity index (χ0) is 19.4. The Morgan fingerprint density at radius 3 is 2.48 bits per heavy atom. The lowest BCUT2D eigenvalue weighted by molar-refractivity contribution is 0.0772. The van der Waals surface area contributed by atoms with Crippen LogP contribution >= 0.6 is 0 Å². The van der Waals surface area contributed by atoms with Crippen molar-refractivity contribution in [2.75, 3.05) is 18.4 Å². The smallest absolute Gasteiger partial charge is 0.291 e. The zero-order valence-corrected chi connectivity index (χ0v) is 15.2. The predicted octanol–water partition coefficient (Wildman–Crippen LogP) is 3.53. The average molecular weight is 364 g/mol. The Morgan fingerprint density at radius 1 is 1.00 bits per heavy atom. The summed E-state index contributed by atoms with van der Waals surface area (Å²) >= 11 is 0. The summed E-state index contributed by atoms with van der Waals surface area (Å²) in [6.45, 7) is 5.03. The first-order chi connectivity index (χ1) is 13.0. The summed E-state index contributed by atoms with van der Waals surface area (Å²) in [6, 6.07) is 14.6. The summed E-state index contributed by atoms with van der Waals surface area (Å²) in [4.78, 5) is 38.8. The molecule has 0 spiro atoms. The number of amides is 2. The van der Waals surface area contributed by atoms with E-state index in [1.54, 1.807) is 53.4 Å². The van der Waals surface area contributed by atoms with Crippen LogP contribution in [0.4, 0.5) is 5.69 Å². The lowest BCUT2D eigenvalue weighted by atomic mass is 10.1. The van der Waals surface area contributed by atoms with Gasteiger partial charge in [0.1, 0.15) is 5.58 Å². The summed E-state index contributed by atoms with van der Waals surface area (Å²) in [5, 5.41) is 3.10. The number of para-hydroxylation sites is 1. The van der Waals surface area contributed by atoms with Gasteiger partial charge in [0.25, 0.3) is 11.8 Å². The largest absolute Gasteiger partial charge is 0.451 e. The molecule has 27 heavy (non-hydrogen) atoms. The first-order valence-electron chi connectivity index (χ1n) is 8.77. The minimum absolute atomic E-state index is 0.0841. The summed E-state index contributed by atoms with van der Waals surface area (Å²) in [5.41, 5.74) is 0.998. The topological polar surface area (TPSA) is 79.6 Å². The van der Waals surface area contributed by atoms with Crippen LogP contribution in [0.25, 0.3) is 11.0 Å². The SMILES string of the molecule is CCN(CC)C(=O)c1cccc(NC(=O)c2cc(=O)c3ccccc3o2)c1. The fourth-order valence-corrected chi connectivity index (χ4v) is 2.83. The number of fused-ring (bicyclic) bond motifs is 1. The number of carbonyl (C=O) groups excluding carboxylic acids is 2. The summed E-state index contributed by atoms with van der Waals surface area (Å²) in [7, 11) is 0. The number of nitrogens with zero attached hydrogens (tertiary/aromatic N) is 1. The fourth-order valence-electron chi connectivity index (χ4n) is 2.83. The van der Waals surface area contributed by atoms with Crippen molar-refractivity contribution in [3.63, 3.8) is 0 Å². The van der Waals surface area contributed by atoms with Crippen LogP contribution in [0.1, 0.15) is 34.8 Å². The second kappa shape index (κ2) is 7.86. The quantitative estimate of drug-likeness (QED) is 0.751. The van der Waals surface area contributed by atoms with Crippen LogP contribution in [0, 0.1) is 0 Å². The van der Waals surface area contributed by atoms with E-state index in [9.17, 15) is 14.4 Å². The maximum absolute atomic E-state index is 12.5. The number of hydrogen-bond acceptors (Lipinski definition) is 4. The van der Waals surface area contributed by atoms with Crippen molar-refractivity contribution in [1.29, 1.82) is 0 Å². The minimum Gasteiger partial charge on any atom is -0.451 e. The number of rotatable bonds is 5. The molecule has 6 heteroatoms. The molecule has 0 bridgehead atoms. The van der Waals surface area contributed by atoms with E-state index in [0.717, 1.165) is 0 Å². The maximum Gasteiger partial charge on any atom is 0.291 e. The first kappa shape index (κ1) is 18.4. The fraction of sp³-hybridized carbons (Fsp3) is 0.190. The molecular weight excluding hydrogens is 344 g/mol. The second-order valence-electron chi connectivity index (χ2n) is 5.98. The van der Waals surface area contributed by atoms with E-state index in [0.29, 0.717) is 35.3 Å². The molecule has 0 saturated carbocycles. The van der Waals surface area contributed by atoms with Crippen LogP contribution in [0.5, 0.6) is 0 Å². The molecule has 0 atom stereocenters. The first-order valence-corrected chi connectivity index (χ1v) is 8.77. The van der Waals surface area contributed by atoms with E-state index < -0.39 is 5.91 Å². The van der Waals surface area contributed by atoms with Gasteiger partial charge in [0.05, 0.1) is 5.39 Å². The normalized spacial score (nSPS) is 10.6. The zero-order valence-electron chi connectivity index (χ0n) is 15.2. The van der Waals surface area contributed by atoms with Crippen molar-refractivity contribution in [3.05, 3.63) is 76.1 Å². The number of carbonyl (C=O) groups is 2. The Balaban J connectivity index is 1.85. The Labute approximate surface area is 156 Å². The van der Waals surface area contributed by atoms with Crippen LogP contribution < -0.4 is 10.7 Å². The third kappa shape index (κ3) is 3.89. The van der Waals surface area contributed by atoms with Gasteiger partial charge in [0.15, 0.2) is 11.2 Å². The molecular formula is C21H20N2O4. The molecule has 138 valence electrons. The maximum atomic E-state index is 12.5. The van der Waals surface area contributed by atoms with Crippen LogP contribution in [-0.4, -0.2) is 29.8 Å². The lowest BCUT2D eigenvalue weighted by Gasteiger charge is -2.19. The van der Waals surface area contributed by atoms with Gasteiger partial charge >= 0.3 is 0 Å². The number of benzene rings is 2. The van der Waals surface area contributed by atoms with Crippen molar-refractivity contribution < 1.29 is 14.0 Å². The van der Waals surface area contributed by atoms with Crippen LogP contribution in [0.3, 0.4) is 0 Å². The molecule has 1 aromatic heterocycles. The van der Waals surface area contributed by atoms with Crippen molar-refractivity contribution in [1.82, 2.24) is 4.90 Å². The molecule has 1 heterocycles. The Kier molecular flexibility index (Phi) is 5.35. The van der Waals surface area contributed by atoms with E-state index >= 15 is 0 Å². The van der Waals surface area contributed by atoms with Gasteiger partial charge in [-0.05, 0) is 44.2 Å². The van der Waals surface area contributed by atoms with Crippen molar-refractivity contribution in [2.24, 2.45) is 0 Å². The molecule has 0 unspecified atom stereocenters. The molecule has 0 saturated heterocycles. The van der Waals surface area contributed by atoms with Gasteiger partial charge in [-0.2, -0.15) is 0 Å². The van der Waals surface area contributed by atoms with E-state index in [-0.39, 0.29) is 17.1 Å². The average Bonchev–Trinajstić information content (AvgIpc) is 2.69. The molecule has 6 nitrogen and oxygen atoms in total. The van der Waals surface area contributed by atoms with Crippen molar-refractivity contribution in [2.45, 2.75) is 13.8 Å². The van der Waals surface area contributed by atoms with E-state index in [2.05, 4.69) is 5.32 Å². The molecule has 0 aliphatic heterocycles. The van der Waals surface area contributed by atoms with E-state index in [4.69, 9.17) is 4.42 Å². The Bertz CT molecular complexity index is 1050. The molecule has 0 radical (unpaired) electrons. The monoisotopic (exact) mass is 364 g/mol. The van der Waals surface area contributed by atoms with Crippen LogP contribution in [0.15, 0.2) is 63.8 Å². The summed E-state index contributed by atoms with van der Waals surface area (Å²) < 4.78 is 5.54. The number of nitrogens with one attached hydrogen (secondary N) is 1. The van der Waals surface area contributed by atoms with Crippen LogP contribution in [-0.2, 0) is 0 Å². The van der Waals surface area contributed by atoms with Crippen molar-refractivity contribution >= 4 is 28.5 Å². The van der Waals surface area contributed by atoms with Gasteiger partial charge in [-0.15, -0.1) is 0 Å². The number of anilines is 1. The van der Waals surface area contributed by atoms with Gasteiger partial charge in [-0.3, -0.25) is 14.4 Å². The van der Waals surface area contributed by atoms with Crippen LogP contribution in [0.2, 0.25) is 0 Å². The molecule has 0 aliphatic rings. The highest BCUT2D eigenvalue weighted by atomic mass is 16.3. The third-order valence-electron chi connectivity index (χ3n) is 4.28. The van der Waals surface area contributed by atoms with Gasteiger partial charge in [0, 0.05) is 30.4 Å².